The number of esters is 1. The van der Waals surface area contributed by atoms with Gasteiger partial charge in [0.15, 0.2) is 5.60 Å². The van der Waals surface area contributed by atoms with E-state index >= 15 is 0 Å². The third-order valence-corrected chi connectivity index (χ3v) is 8.40. The molecule has 1 heterocycles. The average molecular weight is 632 g/mol. The molecule has 3 N–H and O–H groups in total. The molecule has 0 amide bonds. The van der Waals surface area contributed by atoms with Gasteiger partial charge >= 0.3 is 11.9 Å². The van der Waals surface area contributed by atoms with E-state index in [0.717, 1.165) is 11.1 Å². The summed E-state index contributed by atoms with van der Waals surface area (Å²) in [6.45, 7) is 7.72. The zero-order valence-electron chi connectivity index (χ0n) is 21.0. The van der Waals surface area contributed by atoms with E-state index in [9.17, 15) is 24.9 Å². The number of carbonyl (C=O) groups excluding carboxylic acids is 1. The van der Waals surface area contributed by atoms with Crippen LogP contribution in [-0.2, 0) is 36.0 Å². The lowest BCUT2D eigenvalue weighted by molar-refractivity contribution is 0.0241. The van der Waals surface area contributed by atoms with Crippen LogP contribution in [0.1, 0.15) is 87.4 Å². The van der Waals surface area contributed by atoms with E-state index in [2.05, 4.69) is 31.9 Å². The molecule has 0 unspecified atom stereocenters. The molecule has 0 saturated carbocycles. The topological polar surface area (TPSA) is 104 Å². The smallest absolute Gasteiger partial charge is 0.340 e. The van der Waals surface area contributed by atoms with Crippen LogP contribution in [0, 0.1) is 0 Å². The van der Waals surface area contributed by atoms with E-state index in [0.29, 0.717) is 62.4 Å². The fourth-order valence-electron chi connectivity index (χ4n) is 5.39. The minimum atomic E-state index is -1.56. The molecule has 0 aromatic heterocycles. The number of hydrogen-bond acceptors (Lipinski definition) is 5. The average Bonchev–Trinajstić information content (AvgIpc) is 3.17. The first-order valence-electron chi connectivity index (χ1n) is 12.3. The van der Waals surface area contributed by atoms with Gasteiger partial charge in [0.2, 0.25) is 0 Å². The SMILES string of the molecule is CCc1cc(Br)c(C2(c3c(Br)cc(CC)c(O)c3CC)OC(=O)c3cc(C(=O)O)ccc32)c(CC)c1O. The monoisotopic (exact) mass is 630 g/mol. The van der Waals surface area contributed by atoms with Crippen molar-refractivity contribution in [2.24, 2.45) is 0 Å². The molecule has 0 saturated heterocycles. The maximum absolute atomic E-state index is 13.5. The van der Waals surface area contributed by atoms with Crippen molar-refractivity contribution >= 4 is 43.8 Å². The van der Waals surface area contributed by atoms with Crippen LogP contribution in [0.2, 0.25) is 0 Å². The minimum absolute atomic E-state index is 0.0376. The molecule has 3 aromatic carbocycles. The molecule has 194 valence electrons. The number of fused-ring (bicyclic) bond motifs is 1. The van der Waals surface area contributed by atoms with Crippen molar-refractivity contribution in [2.45, 2.75) is 59.0 Å². The Hall–Kier alpha value is -2.84. The number of hydrogen-bond donors (Lipinski definition) is 3. The van der Waals surface area contributed by atoms with Gasteiger partial charge in [0.25, 0.3) is 0 Å². The molecular formula is C29H28Br2O6. The number of carboxylic acid groups (broad SMARTS) is 1. The van der Waals surface area contributed by atoms with Crippen LogP contribution in [-0.4, -0.2) is 27.3 Å². The molecule has 3 aromatic rings. The fraction of sp³-hybridized carbons (Fsp3) is 0.310. The summed E-state index contributed by atoms with van der Waals surface area (Å²) in [4.78, 5) is 25.2. The lowest BCUT2D eigenvalue weighted by atomic mass is 9.74. The summed E-state index contributed by atoms with van der Waals surface area (Å²) in [5.74, 6) is -1.59. The summed E-state index contributed by atoms with van der Waals surface area (Å²) in [5.41, 5.74) is 2.73. The zero-order valence-corrected chi connectivity index (χ0v) is 24.2. The second-order valence-electron chi connectivity index (χ2n) is 8.99. The normalized spacial score (nSPS) is 13.9. The van der Waals surface area contributed by atoms with E-state index < -0.39 is 17.5 Å². The number of halogens is 2. The van der Waals surface area contributed by atoms with Crippen molar-refractivity contribution < 1.29 is 29.6 Å². The van der Waals surface area contributed by atoms with Crippen molar-refractivity contribution in [3.8, 4) is 11.5 Å². The molecule has 1 aliphatic rings. The molecule has 0 radical (unpaired) electrons. The van der Waals surface area contributed by atoms with Gasteiger partial charge in [-0.25, -0.2) is 9.59 Å². The summed E-state index contributed by atoms with van der Waals surface area (Å²) in [6, 6.07) is 8.00. The molecule has 0 aliphatic carbocycles. The minimum Gasteiger partial charge on any atom is -0.507 e. The van der Waals surface area contributed by atoms with Gasteiger partial charge in [0.1, 0.15) is 11.5 Å². The van der Waals surface area contributed by atoms with Gasteiger partial charge < -0.3 is 20.1 Å². The number of aromatic carboxylic acids is 1. The highest BCUT2D eigenvalue weighted by Crippen LogP contribution is 2.56. The Morgan fingerprint density at radius 2 is 1.32 bits per heavy atom. The third-order valence-electron chi connectivity index (χ3n) is 7.15. The second-order valence-corrected chi connectivity index (χ2v) is 10.7. The molecule has 37 heavy (non-hydrogen) atoms. The second kappa shape index (κ2) is 10.1. The first-order chi connectivity index (χ1) is 17.6. The number of rotatable bonds is 7. The molecular weight excluding hydrogens is 604 g/mol. The Bertz CT molecular complexity index is 1380. The maximum Gasteiger partial charge on any atom is 0.340 e. The van der Waals surface area contributed by atoms with Gasteiger partial charge in [-0.15, -0.1) is 0 Å². The van der Waals surface area contributed by atoms with Crippen LogP contribution >= 0.6 is 31.9 Å². The fourth-order valence-corrected chi connectivity index (χ4v) is 6.98. The highest BCUT2D eigenvalue weighted by molar-refractivity contribution is 9.10. The van der Waals surface area contributed by atoms with E-state index in [1.165, 1.54) is 12.1 Å². The van der Waals surface area contributed by atoms with E-state index in [4.69, 9.17) is 4.74 Å². The highest BCUT2D eigenvalue weighted by atomic mass is 79.9. The number of carboxylic acids is 1. The molecule has 4 rings (SSSR count). The van der Waals surface area contributed by atoms with Crippen LogP contribution in [0.4, 0.5) is 0 Å². The number of carbonyl (C=O) groups is 2. The van der Waals surface area contributed by atoms with Crippen LogP contribution < -0.4 is 0 Å². The summed E-state index contributed by atoms with van der Waals surface area (Å²) >= 11 is 7.42. The van der Waals surface area contributed by atoms with Crippen molar-refractivity contribution in [1.29, 1.82) is 0 Å². The number of benzene rings is 3. The highest BCUT2D eigenvalue weighted by Gasteiger charge is 2.53. The Kier molecular flexibility index (Phi) is 7.45. The summed E-state index contributed by atoms with van der Waals surface area (Å²) in [7, 11) is 0. The van der Waals surface area contributed by atoms with Gasteiger partial charge in [-0.05, 0) is 61.1 Å². The Balaban J connectivity index is 2.26. The predicted octanol–water partition coefficient (Wildman–Crippen LogP) is 7.03. The largest absolute Gasteiger partial charge is 0.507 e. The molecule has 6 nitrogen and oxygen atoms in total. The van der Waals surface area contributed by atoms with Crippen LogP contribution in [0.5, 0.6) is 11.5 Å². The van der Waals surface area contributed by atoms with Crippen LogP contribution in [0.25, 0.3) is 0 Å². The molecule has 0 spiro atoms. The van der Waals surface area contributed by atoms with Crippen molar-refractivity contribution in [3.05, 3.63) is 89.3 Å². The molecule has 1 aliphatic heterocycles. The predicted molar refractivity (Wildman–Crippen MR) is 148 cm³/mol. The Morgan fingerprint density at radius 1 is 0.838 bits per heavy atom. The van der Waals surface area contributed by atoms with Gasteiger partial charge in [-0.2, -0.15) is 0 Å². The first kappa shape index (κ1) is 27.2. The van der Waals surface area contributed by atoms with Crippen LogP contribution in [0.15, 0.2) is 39.3 Å². The molecule has 0 bridgehead atoms. The quantitative estimate of drug-likeness (QED) is 0.242. The van der Waals surface area contributed by atoms with Crippen molar-refractivity contribution in [1.82, 2.24) is 0 Å². The number of ether oxygens (including phenoxy) is 1. The van der Waals surface area contributed by atoms with Crippen molar-refractivity contribution in [3.63, 3.8) is 0 Å². The molecule has 0 atom stereocenters. The van der Waals surface area contributed by atoms with Gasteiger partial charge in [-0.3, -0.25) is 0 Å². The van der Waals surface area contributed by atoms with E-state index in [1.54, 1.807) is 6.07 Å². The number of aryl methyl sites for hydroxylation is 2. The Labute approximate surface area is 232 Å². The number of cyclic esters (lactones) is 1. The Morgan fingerprint density at radius 3 is 1.73 bits per heavy atom. The zero-order chi connectivity index (χ0) is 27.2. The van der Waals surface area contributed by atoms with Gasteiger partial charge in [0, 0.05) is 36.8 Å². The van der Waals surface area contributed by atoms with E-state index in [-0.39, 0.29) is 22.6 Å². The number of phenols is 2. The lowest BCUT2D eigenvalue weighted by Gasteiger charge is -2.36. The maximum atomic E-state index is 13.5. The molecule has 8 heteroatoms. The number of aromatic hydroxyl groups is 2. The summed E-state index contributed by atoms with van der Waals surface area (Å²) < 4.78 is 7.58. The number of phenolic OH excluding ortho intramolecular Hbond substituents is 2. The summed E-state index contributed by atoms with van der Waals surface area (Å²) in [5, 5.41) is 32.1. The van der Waals surface area contributed by atoms with Crippen LogP contribution in [0.3, 0.4) is 0 Å². The van der Waals surface area contributed by atoms with Crippen molar-refractivity contribution in [2.75, 3.05) is 0 Å². The standard InChI is InChI=1S/C29H28Br2O6/c1-5-14-12-21(30)23(17(7-3)25(14)32)29(24-18(8-4)26(33)15(6-2)13-22(24)31)20-10-9-16(27(34)35)11-19(20)28(36)37-29/h9-13,32-33H,5-8H2,1-4H3,(H,34,35). The van der Waals surface area contributed by atoms with Gasteiger partial charge in [0.05, 0.1) is 11.1 Å². The van der Waals surface area contributed by atoms with Gasteiger partial charge in [-0.1, -0.05) is 65.6 Å². The molecule has 0 fully saturated rings. The lowest BCUT2D eigenvalue weighted by Crippen LogP contribution is -2.33. The van der Waals surface area contributed by atoms with E-state index in [1.807, 2.05) is 39.8 Å². The first-order valence-corrected chi connectivity index (χ1v) is 13.8. The summed E-state index contributed by atoms with van der Waals surface area (Å²) in [6.07, 6.45) is 2.07. The third kappa shape index (κ3) is 4.05.